The highest BCUT2D eigenvalue weighted by atomic mass is 35.5. The number of hydrogen-bond donors (Lipinski definition) is 2. The second kappa shape index (κ2) is 9.71. The number of aliphatic hydroxyl groups is 1. The summed E-state index contributed by atoms with van der Waals surface area (Å²) >= 11 is 6.23. The lowest BCUT2D eigenvalue weighted by atomic mass is 9.91. The van der Waals surface area contributed by atoms with Crippen LogP contribution >= 0.6 is 11.6 Å². The Morgan fingerprint density at radius 3 is 2.59 bits per heavy atom. The molecule has 2 aromatic heterocycles. The number of aliphatic hydroxyl groups excluding tert-OH is 1. The van der Waals surface area contributed by atoms with Gasteiger partial charge in [-0.05, 0) is 32.0 Å². The van der Waals surface area contributed by atoms with Gasteiger partial charge in [0.1, 0.15) is 29.4 Å². The van der Waals surface area contributed by atoms with E-state index in [1.165, 1.54) is 6.07 Å². The average molecular weight is 495 g/mol. The van der Waals surface area contributed by atoms with Crippen LogP contribution in [0.25, 0.3) is 11.2 Å². The number of H-pyrrole nitrogens is 1. The highest BCUT2D eigenvalue weighted by molar-refractivity contribution is 6.32. The zero-order valence-corrected chi connectivity index (χ0v) is 19.5. The number of pyridine rings is 1. The molecule has 0 radical (unpaired) electrons. The molecule has 8 nitrogen and oxygen atoms in total. The Morgan fingerprint density at radius 1 is 1.26 bits per heavy atom. The first-order valence-electron chi connectivity index (χ1n) is 10.9. The molecule has 1 saturated heterocycles. The molecule has 3 aromatic rings. The molecule has 1 fully saturated rings. The maximum atomic E-state index is 13.8. The van der Waals surface area contributed by atoms with Gasteiger partial charge in [0.2, 0.25) is 11.8 Å². The van der Waals surface area contributed by atoms with Gasteiger partial charge in [-0.1, -0.05) is 17.7 Å². The molecule has 0 spiro atoms. The molecule has 0 saturated carbocycles. The third-order valence-corrected chi connectivity index (χ3v) is 6.04. The van der Waals surface area contributed by atoms with Crippen LogP contribution in [0.15, 0.2) is 24.3 Å². The molecule has 0 unspecified atom stereocenters. The van der Waals surface area contributed by atoms with E-state index in [1.54, 1.807) is 24.8 Å². The van der Waals surface area contributed by atoms with Gasteiger partial charge in [-0.2, -0.15) is 9.97 Å². The minimum Gasteiger partial charge on any atom is -0.471 e. The van der Waals surface area contributed by atoms with Crippen LogP contribution in [-0.4, -0.2) is 56.7 Å². The van der Waals surface area contributed by atoms with Crippen molar-refractivity contribution in [2.75, 3.05) is 19.7 Å². The molecule has 2 N–H and O–H groups in total. The summed E-state index contributed by atoms with van der Waals surface area (Å²) in [5.41, 5.74) is -0.240. The van der Waals surface area contributed by atoms with Crippen LogP contribution < -0.4 is 9.47 Å². The monoisotopic (exact) mass is 494 g/mol. The summed E-state index contributed by atoms with van der Waals surface area (Å²) in [5, 5.41) is 9.57. The van der Waals surface area contributed by atoms with Crippen molar-refractivity contribution in [3.63, 3.8) is 0 Å². The van der Waals surface area contributed by atoms with Crippen molar-refractivity contribution in [3.05, 3.63) is 46.5 Å². The van der Waals surface area contributed by atoms with Gasteiger partial charge < -0.3 is 24.5 Å². The number of imidazole rings is 1. The number of halogens is 3. The van der Waals surface area contributed by atoms with E-state index >= 15 is 0 Å². The molecular formula is C23H25ClF2N4O4. The number of carbonyl (C=O) groups is 1. The van der Waals surface area contributed by atoms with Gasteiger partial charge in [-0.3, -0.25) is 4.79 Å². The number of carbonyl (C=O) groups excluding carboxylic acids is 1. The van der Waals surface area contributed by atoms with Crippen molar-refractivity contribution in [3.8, 4) is 11.9 Å². The summed E-state index contributed by atoms with van der Waals surface area (Å²) in [5.74, 6) is -1.53. The Bertz CT molecular complexity index is 1170. The van der Waals surface area contributed by atoms with E-state index in [2.05, 4.69) is 15.0 Å². The molecule has 1 aromatic carbocycles. The molecule has 4 rings (SSSR count). The van der Waals surface area contributed by atoms with Crippen LogP contribution in [0.4, 0.5) is 8.78 Å². The van der Waals surface area contributed by atoms with E-state index in [0.717, 1.165) is 12.1 Å². The first kappa shape index (κ1) is 24.2. The second-order valence-corrected chi connectivity index (χ2v) is 9.24. The van der Waals surface area contributed by atoms with E-state index in [1.807, 2.05) is 0 Å². The summed E-state index contributed by atoms with van der Waals surface area (Å²) in [6, 6.07) is 5.36. The highest BCUT2D eigenvalue weighted by Crippen LogP contribution is 2.29. The summed E-state index contributed by atoms with van der Waals surface area (Å²) in [4.78, 5) is 25.8. The molecule has 0 atom stereocenters. The third-order valence-electron chi connectivity index (χ3n) is 5.77. The van der Waals surface area contributed by atoms with E-state index in [9.17, 15) is 18.7 Å². The fourth-order valence-electron chi connectivity index (χ4n) is 3.68. The van der Waals surface area contributed by atoms with Gasteiger partial charge in [0, 0.05) is 25.9 Å². The smallest absolute Gasteiger partial charge is 0.296 e. The third kappa shape index (κ3) is 5.07. The summed E-state index contributed by atoms with van der Waals surface area (Å²) in [7, 11) is 0. The first-order valence-corrected chi connectivity index (χ1v) is 11.2. The first-order chi connectivity index (χ1) is 16.2. The fourth-order valence-corrected chi connectivity index (χ4v) is 3.88. The Morgan fingerprint density at radius 2 is 1.94 bits per heavy atom. The molecule has 0 bridgehead atoms. The minimum absolute atomic E-state index is 0.00631. The summed E-state index contributed by atoms with van der Waals surface area (Å²) in [6.07, 6.45) is 1.07. The van der Waals surface area contributed by atoms with Crippen molar-refractivity contribution in [1.82, 2.24) is 19.9 Å². The van der Waals surface area contributed by atoms with Gasteiger partial charge in [0.25, 0.3) is 6.01 Å². The number of rotatable bonds is 7. The normalized spacial score (nSPS) is 15.1. The standard InChI is InChI=1S/C23H25ClF2N4O4/c1-23(2,12-31)21(32)30-8-6-13(7-9-30)34-22-27-18-10-15(24)20(28-19(18)29-22)33-11-14-16(25)4-3-5-17(14)26/h3-5,10,13,31H,6-9,11-12H2,1-2H3,(H,27,28,29). The SMILES string of the molecule is CC(C)(CO)C(=O)N1CCC(Oc2nc3nc(OCc4c(F)cccc4F)c(Cl)cc3[nH]2)CC1. The Kier molecular flexibility index (Phi) is 6.90. The number of amides is 1. The topological polar surface area (TPSA) is 101 Å². The number of piperidine rings is 1. The molecular weight excluding hydrogens is 470 g/mol. The number of nitrogens with zero attached hydrogens (tertiary/aromatic N) is 3. The fraction of sp³-hybridized carbons (Fsp3) is 0.435. The molecule has 182 valence electrons. The minimum atomic E-state index is -0.810. The number of aromatic nitrogens is 3. The zero-order valence-electron chi connectivity index (χ0n) is 18.8. The summed E-state index contributed by atoms with van der Waals surface area (Å²) < 4.78 is 39.1. The van der Waals surface area contributed by atoms with Crippen LogP contribution in [0.2, 0.25) is 5.02 Å². The number of ether oxygens (including phenoxy) is 2. The van der Waals surface area contributed by atoms with Crippen LogP contribution in [0.3, 0.4) is 0 Å². The molecule has 1 aliphatic rings. The van der Waals surface area contributed by atoms with Crippen LogP contribution in [-0.2, 0) is 11.4 Å². The Hall–Kier alpha value is -2.98. The zero-order chi connectivity index (χ0) is 24.5. The largest absolute Gasteiger partial charge is 0.471 e. The molecule has 3 heterocycles. The number of likely N-dealkylation sites (tertiary alicyclic amines) is 1. The Balaban J connectivity index is 1.40. The van der Waals surface area contributed by atoms with Gasteiger partial charge in [0.15, 0.2) is 5.65 Å². The maximum Gasteiger partial charge on any atom is 0.296 e. The second-order valence-electron chi connectivity index (χ2n) is 8.83. The number of hydrogen-bond acceptors (Lipinski definition) is 6. The van der Waals surface area contributed by atoms with Crippen LogP contribution in [0.1, 0.15) is 32.3 Å². The molecule has 0 aliphatic carbocycles. The van der Waals surface area contributed by atoms with E-state index < -0.39 is 17.0 Å². The van der Waals surface area contributed by atoms with Gasteiger partial charge in [-0.15, -0.1) is 0 Å². The average Bonchev–Trinajstić information content (AvgIpc) is 3.19. The van der Waals surface area contributed by atoms with E-state index in [4.69, 9.17) is 21.1 Å². The Labute approximate surface area is 199 Å². The van der Waals surface area contributed by atoms with Gasteiger partial charge in [0.05, 0.1) is 23.1 Å². The molecule has 11 heteroatoms. The van der Waals surface area contributed by atoms with Crippen molar-refractivity contribution in [2.45, 2.75) is 39.4 Å². The maximum absolute atomic E-state index is 13.8. The van der Waals surface area contributed by atoms with Crippen molar-refractivity contribution in [2.24, 2.45) is 5.41 Å². The van der Waals surface area contributed by atoms with E-state index in [0.29, 0.717) is 31.4 Å². The van der Waals surface area contributed by atoms with Crippen molar-refractivity contribution >= 4 is 28.7 Å². The van der Waals surface area contributed by atoms with Crippen LogP contribution in [0.5, 0.6) is 11.9 Å². The van der Waals surface area contributed by atoms with Crippen LogP contribution in [0, 0.1) is 17.0 Å². The number of fused-ring (bicyclic) bond motifs is 1. The lowest BCUT2D eigenvalue weighted by molar-refractivity contribution is -0.144. The molecule has 34 heavy (non-hydrogen) atoms. The quantitative estimate of drug-likeness (QED) is 0.517. The van der Waals surface area contributed by atoms with Crippen molar-refractivity contribution in [1.29, 1.82) is 0 Å². The molecule has 1 aliphatic heterocycles. The number of benzene rings is 1. The van der Waals surface area contributed by atoms with Gasteiger partial charge in [-0.25, -0.2) is 8.78 Å². The van der Waals surface area contributed by atoms with E-state index in [-0.39, 0.29) is 53.3 Å². The number of aromatic amines is 1. The lowest BCUT2D eigenvalue weighted by Crippen LogP contribution is -2.48. The van der Waals surface area contributed by atoms with Gasteiger partial charge >= 0.3 is 0 Å². The number of nitrogens with one attached hydrogen (secondary N) is 1. The summed E-state index contributed by atoms with van der Waals surface area (Å²) in [6.45, 7) is 3.88. The molecule has 1 amide bonds. The predicted molar refractivity (Wildman–Crippen MR) is 121 cm³/mol. The van der Waals surface area contributed by atoms with Crippen molar-refractivity contribution < 1.29 is 28.2 Å². The lowest BCUT2D eigenvalue weighted by Gasteiger charge is -2.36. The highest BCUT2D eigenvalue weighted by Gasteiger charge is 2.34. The predicted octanol–water partition coefficient (Wildman–Crippen LogP) is 3.86.